The Balaban J connectivity index is 1.55. The molecule has 3 aromatic rings. The molecular formula is C32H34FNO3. The summed E-state index contributed by atoms with van der Waals surface area (Å²) in [7, 11) is 0. The molecule has 1 fully saturated rings. The number of hydrogen-bond donors (Lipinski definition) is 3. The lowest BCUT2D eigenvalue weighted by Crippen LogP contribution is -2.26. The Kier molecular flexibility index (Phi) is 8.94. The van der Waals surface area contributed by atoms with Crippen LogP contribution in [0, 0.1) is 11.7 Å². The van der Waals surface area contributed by atoms with Crippen molar-refractivity contribution in [3.8, 4) is 22.6 Å². The van der Waals surface area contributed by atoms with Crippen LogP contribution in [-0.4, -0.2) is 33.3 Å². The number of phenolic OH excluding ortho intramolecular Hbond substituents is 2. The van der Waals surface area contributed by atoms with E-state index in [9.17, 15) is 19.7 Å². The molecule has 3 atom stereocenters. The smallest absolute Gasteiger partial charge is 0.123 e. The summed E-state index contributed by atoms with van der Waals surface area (Å²) >= 11 is 0. The fraction of sp³-hybridized carbons (Fsp3) is 0.250. The topological polar surface area (TPSA) is 63.9 Å². The fourth-order valence-electron chi connectivity index (χ4n) is 5.18. The van der Waals surface area contributed by atoms with E-state index >= 15 is 0 Å². The lowest BCUT2D eigenvalue weighted by molar-refractivity contribution is 0.149. The van der Waals surface area contributed by atoms with E-state index in [1.807, 2.05) is 36.4 Å². The average Bonchev–Trinajstić information content (AvgIpc) is 3.29. The summed E-state index contributed by atoms with van der Waals surface area (Å²) in [6, 6.07) is 18.7. The largest absolute Gasteiger partial charge is 0.508 e. The minimum Gasteiger partial charge on any atom is -0.508 e. The summed E-state index contributed by atoms with van der Waals surface area (Å²) in [5, 5.41) is 31.7. The number of allylic oxidation sites excluding steroid dienone is 4. The second-order valence-electron chi connectivity index (χ2n) is 9.51. The van der Waals surface area contributed by atoms with Crippen LogP contribution in [-0.2, 0) is 0 Å². The van der Waals surface area contributed by atoms with E-state index in [-0.39, 0.29) is 29.3 Å². The highest BCUT2D eigenvalue weighted by Gasteiger charge is 2.36. The molecule has 0 spiro atoms. The van der Waals surface area contributed by atoms with E-state index in [0.29, 0.717) is 12.0 Å². The first kappa shape index (κ1) is 26.4. The van der Waals surface area contributed by atoms with Gasteiger partial charge in [-0.25, -0.2) is 4.39 Å². The van der Waals surface area contributed by atoms with Gasteiger partial charge in [-0.3, -0.25) is 4.90 Å². The van der Waals surface area contributed by atoms with Gasteiger partial charge in [0.1, 0.15) is 17.3 Å². The van der Waals surface area contributed by atoms with Gasteiger partial charge in [-0.15, -0.1) is 0 Å². The van der Waals surface area contributed by atoms with Crippen LogP contribution in [0.1, 0.15) is 42.5 Å². The van der Waals surface area contributed by atoms with Crippen molar-refractivity contribution in [2.75, 3.05) is 13.1 Å². The van der Waals surface area contributed by atoms with E-state index < -0.39 is 6.10 Å². The highest BCUT2D eigenvalue weighted by molar-refractivity contribution is 5.67. The van der Waals surface area contributed by atoms with Gasteiger partial charge in [-0.05, 0) is 78.7 Å². The van der Waals surface area contributed by atoms with Gasteiger partial charge in [0.05, 0.1) is 6.10 Å². The maximum Gasteiger partial charge on any atom is 0.123 e. The average molecular weight is 500 g/mol. The zero-order valence-corrected chi connectivity index (χ0v) is 20.9. The number of phenols is 2. The second-order valence-corrected chi connectivity index (χ2v) is 9.51. The van der Waals surface area contributed by atoms with Crippen LogP contribution in [0.5, 0.6) is 11.5 Å². The first-order valence-electron chi connectivity index (χ1n) is 12.7. The van der Waals surface area contributed by atoms with Crippen LogP contribution in [0.3, 0.4) is 0 Å². The quantitative estimate of drug-likeness (QED) is 0.261. The number of benzene rings is 3. The minimum atomic E-state index is -0.666. The highest BCUT2D eigenvalue weighted by Crippen LogP contribution is 2.44. The van der Waals surface area contributed by atoms with Crippen LogP contribution in [0.2, 0.25) is 0 Å². The summed E-state index contributed by atoms with van der Waals surface area (Å²) in [4.78, 5) is 2.36. The van der Waals surface area contributed by atoms with Crippen molar-refractivity contribution in [2.24, 2.45) is 5.92 Å². The van der Waals surface area contributed by atoms with Crippen molar-refractivity contribution in [1.82, 2.24) is 4.90 Å². The first-order valence-corrected chi connectivity index (χ1v) is 12.7. The van der Waals surface area contributed by atoms with Gasteiger partial charge in [0.2, 0.25) is 0 Å². The molecule has 37 heavy (non-hydrogen) atoms. The standard InChI is InChI=1S/C32H34FNO3/c1-2-3-4-5-6-19-34-20-18-24(13-17-30(36)23-10-14-27(33)15-11-23)32(34)29-16-12-26(22-31(29)37)25-8-7-9-28(35)21-25/h2-12,14-16,21-22,24,30,32,35-37H,1,13,17-20H2/b4-3-,6-5-. The number of likely N-dealkylation sites (tertiary alicyclic amines) is 1. The Morgan fingerprint density at radius 3 is 2.49 bits per heavy atom. The SMILES string of the molecule is C=C/C=C\C=C/CN1CCC(CCC(O)c2ccc(F)cc2)C1c1ccc(-c2cccc(O)c2)cc1O. The molecule has 3 unspecified atom stereocenters. The van der Waals surface area contributed by atoms with Gasteiger partial charge < -0.3 is 15.3 Å². The van der Waals surface area contributed by atoms with Crippen molar-refractivity contribution < 1.29 is 19.7 Å². The predicted octanol–water partition coefficient (Wildman–Crippen LogP) is 7.08. The van der Waals surface area contributed by atoms with E-state index in [1.54, 1.807) is 42.5 Å². The highest BCUT2D eigenvalue weighted by atomic mass is 19.1. The second kappa shape index (κ2) is 12.5. The van der Waals surface area contributed by atoms with E-state index in [4.69, 9.17) is 0 Å². The number of rotatable bonds is 10. The third-order valence-electron chi connectivity index (χ3n) is 7.06. The lowest BCUT2D eigenvalue weighted by atomic mass is 9.87. The summed E-state index contributed by atoms with van der Waals surface area (Å²) in [6.07, 6.45) is 11.3. The molecule has 0 amide bonds. The Bertz CT molecular complexity index is 1250. The monoisotopic (exact) mass is 499 g/mol. The predicted molar refractivity (Wildman–Crippen MR) is 147 cm³/mol. The number of aliphatic hydroxyl groups excluding tert-OH is 1. The molecule has 4 nitrogen and oxygen atoms in total. The van der Waals surface area contributed by atoms with Crippen molar-refractivity contribution in [3.05, 3.63) is 121 Å². The van der Waals surface area contributed by atoms with Gasteiger partial charge in [0.15, 0.2) is 0 Å². The number of nitrogens with zero attached hydrogens (tertiary/aromatic N) is 1. The van der Waals surface area contributed by atoms with Crippen molar-refractivity contribution in [2.45, 2.75) is 31.4 Å². The van der Waals surface area contributed by atoms with Crippen LogP contribution in [0.25, 0.3) is 11.1 Å². The first-order chi connectivity index (χ1) is 18.0. The molecule has 0 radical (unpaired) electrons. The molecule has 0 aromatic heterocycles. The zero-order chi connectivity index (χ0) is 26.2. The maximum absolute atomic E-state index is 13.3. The molecule has 0 saturated carbocycles. The summed E-state index contributed by atoms with van der Waals surface area (Å²) < 4.78 is 13.3. The fourth-order valence-corrected chi connectivity index (χ4v) is 5.18. The molecule has 1 aliphatic rings. The number of hydrogen-bond acceptors (Lipinski definition) is 4. The van der Waals surface area contributed by atoms with Crippen LogP contribution < -0.4 is 0 Å². The Labute approximate surface area is 218 Å². The minimum absolute atomic E-state index is 0.00771. The molecule has 1 heterocycles. The summed E-state index contributed by atoms with van der Waals surface area (Å²) in [5.41, 5.74) is 3.24. The third kappa shape index (κ3) is 6.76. The zero-order valence-electron chi connectivity index (χ0n) is 20.9. The van der Waals surface area contributed by atoms with Crippen LogP contribution in [0.15, 0.2) is 104 Å². The Hall–Kier alpha value is -3.67. The molecule has 192 valence electrons. The van der Waals surface area contributed by atoms with Gasteiger partial charge in [-0.1, -0.05) is 73.4 Å². The van der Waals surface area contributed by atoms with E-state index in [0.717, 1.165) is 42.6 Å². The Morgan fingerprint density at radius 1 is 0.973 bits per heavy atom. The molecular weight excluding hydrogens is 465 g/mol. The lowest BCUT2D eigenvalue weighted by Gasteiger charge is -2.29. The van der Waals surface area contributed by atoms with Gasteiger partial charge in [-0.2, -0.15) is 0 Å². The van der Waals surface area contributed by atoms with Crippen LogP contribution >= 0.6 is 0 Å². The molecule has 0 aliphatic carbocycles. The molecule has 3 aromatic carbocycles. The molecule has 4 rings (SSSR count). The van der Waals surface area contributed by atoms with Crippen molar-refractivity contribution in [3.63, 3.8) is 0 Å². The third-order valence-corrected chi connectivity index (χ3v) is 7.06. The maximum atomic E-state index is 13.3. The number of aromatic hydroxyl groups is 2. The number of halogens is 1. The molecule has 5 heteroatoms. The van der Waals surface area contributed by atoms with Crippen LogP contribution in [0.4, 0.5) is 4.39 Å². The molecule has 3 N–H and O–H groups in total. The van der Waals surface area contributed by atoms with E-state index in [2.05, 4.69) is 17.6 Å². The van der Waals surface area contributed by atoms with Crippen molar-refractivity contribution >= 4 is 0 Å². The van der Waals surface area contributed by atoms with Gasteiger partial charge in [0, 0.05) is 18.2 Å². The molecule has 1 aliphatic heterocycles. The number of aliphatic hydroxyl groups is 1. The molecule has 0 bridgehead atoms. The normalized spacial score (nSPS) is 19.1. The van der Waals surface area contributed by atoms with Gasteiger partial charge in [0.25, 0.3) is 0 Å². The van der Waals surface area contributed by atoms with Gasteiger partial charge >= 0.3 is 0 Å². The Morgan fingerprint density at radius 2 is 1.76 bits per heavy atom. The van der Waals surface area contributed by atoms with Crippen molar-refractivity contribution in [1.29, 1.82) is 0 Å². The summed E-state index contributed by atoms with van der Waals surface area (Å²) in [5.74, 6) is 0.324. The molecule has 1 saturated heterocycles. The van der Waals surface area contributed by atoms with E-state index in [1.165, 1.54) is 12.1 Å². The summed E-state index contributed by atoms with van der Waals surface area (Å²) in [6.45, 7) is 5.30.